The third kappa shape index (κ3) is 4.79. The number of nitrogens with zero attached hydrogens (tertiary/aromatic N) is 2. The number of aromatic nitrogens is 2. The van der Waals surface area contributed by atoms with Gasteiger partial charge in [-0.3, -0.25) is 4.72 Å². The van der Waals surface area contributed by atoms with Crippen LogP contribution in [0.25, 0.3) is 11.4 Å². The molecule has 3 rings (SSSR count). The van der Waals surface area contributed by atoms with Gasteiger partial charge in [0.2, 0.25) is 11.8 Å². The average Bonchev–Trinajstić information content (AvgIpc) is 2.73. The lowest BCUT2D eigenvalue weighted by Gasteiger charge is -2.11. The van der Waals surface area contributed by atoms with Crippen LogP contribution in [-0.4, -0.2) is 32.6 Å². The number of hydrogen-bond donors (Lipinski definition) is 1. The van der Waals surface area contributed by atoms with Crippen molar-refractivity contribution in [1.29, 1.82) is 0 Å². The molecule has 0 bridgehead atoms. The van der Waals surface area contributed by atoms with Crippen molar-refractivity contribution in [3.63, 3.8) is 0 Å². The molecule has 0 radical (unpaired) electrons. The molecule has 11 heteroatoms. The fourth-order valence-corrected chi connectivity index (χ4v) is 3.59. The summed E-state index contributed by atoms with van der Waals surface area (Å²) >= 11 is 0. The first-order valence-corrected chi connectivity index (χ1v) is 9.88. The van der Waals surface area contributed by atoms with Crippen LogP contribution in [-0.2, 0) is 16.2 Å². The molecule has 158 valence electrons. The smallest absolute Gasteiger partial charge is 0.416 e. The van der Waals surface area contributed by atoms with Crippen LogP contribution in [0.2, 0.25) is 0 Å². The maximum atomic E-state index is 12.9. The predicted molar refractivity (Wildman–Crippen MR) is 103 cm³/mol. The summed E-state index contributed by atoms with van der Waals surface area (Å²) in [6, 6.07) is 11.0. The largest absolute Gasteiger partial charge is 0.481 e. The zero-order chi connectivity index (χ0) is 21.9. The van der Waals surface area contributed by atoms with Crippen molar-refractivity contribution in [2.45, 2.75) is 11.1 Å². The Morgan fingerprint density at radius 1 is 0.900 bits per heavy atom. The first-order chi connectivity index (χ1) is 14.1. The molecule has 3 aromatic rings. The summed E-state index contributed by atoms with van der Waals surface area (Å²) in [5.41, 5.74) is -0.343. The highest BCUT2D eigenvalue weighted by molar-refractivity contribution is 7.92. The molecular formula is C19H16F3N3O4S. The molecule has 0 spiro atoms. The summed E-state index contributed by atoms with van der Waals surface area (Å²) in [6.45, 7) is 0. The van der Waals surface area contributed by atoms with Gasteiger partial charge in [0.1, 0.15) is 0 Å². The summed E-state index contributed by atoms with van der Waals surface area (Å²) < 4.78 is 75.9. The van der Waals surface area contributed by atoms with Crippen molar-refractivity contribution in [3.05, 3.63) is 60.2 Å². The summed E-state index contributed by atoms with van der Waals surface area (Å²) in [6.07, 6.45) is -4.65. The van der Waals surface area contributed by atoms with Crippen LogP contribution >= 0.6 is 0 Å². The lowest BCUT2D eigenvalue weighted by atomic mass is 10.2. The second-order valence-corrected chi connectivity index (χ2v) is 7.67. The zero-order valence-electron chi connectivity index (χ0n) is 15.8. The van der Waals surface area contributed by atoms with Crippen LogP contribution in [0.1, 0.15) is 5.56 Å². The Balaban J connectivity index is 1.86. The van der Waals surface area contributed by atoms with Crippen molar-refractivity contribution in [3.8, 4) is 23.1 Å². The van der Waals surface area contributed by atoms with E-state index in [4.69, 9.17) is 9.47 Å². The highest BCUT2D eigenvalue weighted by Crippen LogP contribution is 2.31. The number of sulfonamides is 1. The molecule has 7 nitrogen and oxygen atoms in total. The minimum absolute atomic E-state index is 0.158. The van der Waals surface area contributed by atoms with Crippen LogP contribution < -0.4 is 14.2 Å². The van der Waals surface area contributed by atoms with Crippen LogP contribution in [0, 0.1) is 0 Å². The van der Waals surface area contributed by atoms with E-state index in [1.807, 2.05) is 0 Å². The maximum absolute atomic E-state index is 12.9. The second kappa shape index (κ2) is 8.19. The molecule has 30 heavy (non-hydrogen) atoms. The molecule has 0 aliphatic carbocycles. The van der Waals surface area contributed by atoms with E-state index in [2.05, 4.69) is 14.7 Å². The number of nitrogens with one attached hydrogen (secondary N) is 1. The van der Waals surface area contributed by atoms with E-state index in [1.165, 1.54) is 32.4 Å². The Hall–Kier alpha value is -3.34. The van der Waals surface area contributed by atoms with Crippen molar-refractivity contribution in [2.24, 2.45) is 0 Å². The summed E-state index contributed by atoms with van der Waals surface area (Å²) in [5, 5.41) is 0. The van der Waals surface area contributed by atoms with Gasteiger partial charge >= 0.3 is 6.18 Å². The molecule has 0 atom stereocenters. The van der Waals surface area contributed by atoms with Gasteiger partial charge in [0.15, 0.2) is 5.82 Å². The Morgan fingerprint density at radius 3 is 2.03 bits per heavy atom. The molecule has 1 heterocycles. The summed E-state index contributed by atoms with van der Waals surface area (Å²) in [7, 11) is -1.33. The predicted octanol–water partition coefficient (Wildman–Crippen LogP) is 3.98. The van der Waals surface area contributed by atoms with Crippen LogP contribution in [0.4, 0.5) is 18.9 Å². The van der Waals surface area contributed by atoms with Gasteiger partial charge in [-0.25, -0.2) is 8.42 Å². The molecule has 0 saturated heterocycles. The van der Waals surface area contributed by atoms with E-state index < -0.39 is 26.7 Å². The number of methoxy groups -OCH3 is 2. The number of alkyl halides is 3. The average molecular weight is 439 g/mol. The molecule has 0 fully saturated rings. The van der Waals surface area contributed by atoms with Gasteiger partial charge in [-0.05, 0) is 42.5 Å². The topological polar surface area (TPSA) is 90.4 Å². The monoisotopic (exact) mass is 439 g/mol. The standard InChI is InChI=1S/C19H16F3N3O4S/c1-28-16-11-17(29-2)24-18(23-16)12-6-8-14(9-7-12)25-30(26,27)15-5-3-4-13(10-15)19(20,21)22/h3-11,25H,1-2H3. The van der Waals surface area contributed by atoms with E-state index in [-0.39, 0.29) is 17.4 Å². The summed E-state index contributed by atoms with van der Waals surface area (Å²) in [5.74, 6) is 0.857. The van der Waals surface area contributed by atoms with E-state index in [0.717, 1.165) is 18.2 Å². The molecule has 0 saturated carbocycles. The molecule has 2 aromatic carbocycles. The summed E-state index contributed by atoms with van der Waals surface area (Å²) in [4.78, 5) is 7.89. The van der Waals surface area contributed by atoms with Crippen molar-refractivity contribution in [1.82, 2.24) is 9.97 Å². The minimum Gasteiger partial charge on any atom is -0.481 e. The molecule has 0 aliphatic heterocycles. The van der Waals surface area contributed by atoms with Gasteiger partial charge in [-0.15, -0.1) is 0 Å². The Morgan fingerprint density at radius 2 is 1.50 bits per heavy atom. The number of halogens is 3. The maximum Gasteiger partial charge on any atom is 0.416 e. The third-order valence-corrected chi connectivity index (χ3v) is 5.34. The van der Waals surface area contributed by atoms with Crippen molar-refractivity contribution < 1.29 is 31.1 Å². The number of ether oxygens (including phenoxy) is 2. The quantitative estimate of drug-likeness (QED) is 0.625. The molecule has 1 aromatic heterocycles. The van der Waals surface area contributed by atoms with Crippen LogP contribution in [0.3, 0.4) is 0 Å². The number of anilines is 1. The van der Waals surface area contributed by atoms with Gasteiger partial charge in [0.05, 0.1) is 30.7 Å². The van der Waals surface area contributed by atoms with Crippen molar-refractivity contribution in [2.75, 3.05) is 18.9 Å². The van der Waals surface area contributed by atoms with Gasteiger partial charge in [0, 0.05) is 11.3 Å². The van der Waals surface area contributed by atoms with E-state index in [9.17, 15) is 21.6 Å². The van der Waals surface area contributed by atoms with Crippen LogP contribution in [0.5, 0.6) is 11.8 Å². The lowest BCUT2D eigenvalue weighted by molar-refractivity contribution is -0.137. The SMILES string of the molecule is COc1cc(OC)nc(-c2ccc(NS(=O)(=O)c3cccc(C(F)(F)F)c3)cc2)n1. The molecule has 0 unspecified atom stereocenters. The Bertz CT molecular complexity index is 1130. The minimum atomic E-state index is -4.65. The number of rotatable bonds is 6. The second-order valence-electron chi connectivity index (χ2n) is 5.98. The van der Waals surface area contributed by atoms with E-state index in [0.29, 0.717) is 17.5 Å². The van der Waals surface area contributed by atoms with Gasteiger partial charge in [-0.2, -0.15) is 23.1 Å². The van der Waals surface area contributed by atoms with Gasteiger partial charge < -0.3 is 9.47 Å². The van der Waals surface area contributed by atoms with Crippen LogP contribution in [0.15, 0.2) is 59.5 Å². The number of hydrogen-bond acceptors (Lipinski definition) is 6. The molecule has 0 amide bonds. The Labute approximate surface area is 170 Å². The molecule has 0 aliphatic rings. The highest BCUT2D eigenvalue weighted by atomic mass is 32.2. The fourth-order valence-electron chi connectivity index (χ4n) is 2.48. The van der Waals surface area contributed by atoms with E-state index >= 15 is 0 Å². The molecule has 1 N–H and O–H groups in total. The van der Waals surface area contributed by atoms with Gasteiger partial charge in [-0.1, -0.05) is 6.07 Å². The zero-order valence-corrected chi connectivity index (χ0v) is 16.6. The number of benzene rings is 2. The third-order valence-electron chi connectivity index (χ3n) is 3.96. The fraction of sp³-hybridized carbons (Fsp3) is 0.158. The van der Waals surface area contributed by atoms with E-state index in [1.54, 1.807) is 12.1 Å². The molecular weight excluding hydrogens is 423 g/mol. The Kier molecular flexibility index (Phi) is 5.83. The highest BCUT2D eigenvalue weighted by Gasteiger charge is 2.31. The first-order valence-electron chi connectivity index (χ1n) is 8.40. The normalized spacial score (nSPS) is 11.8. The van der Waals surface area contributed by atoms with Crippen molar-refractivity contribution >= 4 is 15.7 Å². The lowest BCUT2D eigenvalue weighted by Crippen LogP contribution is -2.14. The first kappa shape index (κ1) is 21.4. The van der Waals surface area contributed by atoms with Gasteiger partial charge in [0.25, 0.3) is 10.0 Å².